The van der Waals surface area contributed by atoms with Crippen molar-refractivity contribution < 1.29 is 28.8 Å². The molecule has 0 amide bonds. The molecule has 0 N–H and O–H groups in total. The third kappa shape index (κ3) is 8.95. The first-order chi connectivity index (χ1) is 10.1. The highest BCUT2D eigenvalue weighted by Gasteiger charge is 2.28. The SMILES string of the molecule is CCCCCCCC(=O)OOCC1OC(OC(C)=O)CS1. The van der Waals surface area contributed by atoms with E-state index >= 15 is 0 Å². The minimum atomic E-state index is -0.546. The van der Waals surface area contributed by atoms with Crippen molar-refractivity contribution in [1.29, 1.82) is 0 Å². The third-order valence-corrected chi connectivity index (χ3v) is 3.94. The molecule has 1 heterocycles. The summed E-state index contributed by atoms with van der Waals surface area (Å²) < 4.78 is 10.3. The molecular weight excluding hydrogens is 296 g/mol. The number of carbonyl (C=O) groups excluding carboxylic acids is 2. The molecule has 0 aromatic rings. The first-order valence-corrected chi connectivity index (χ1v) is 8.43. The van der Waals surface area contributed by atoms with Crippen LogP contribution in [0.2, 0.25) is 0 Å². The van der Waals surface area contributed by atoms with E-state index in [2.05, 4.69) is 11.8 Å². The van der Waals surface area contributed by atoms with E-state index in [0.29, 0.717) is 12.2 Å². The van der Waals surface area contributed by atoms with Crippen LogP contribution in [0.5, 0.6) is 0 Å². The molecule has 7 heteroatoms. The molecule has 6 nitrogen and oxygen atoms in total. The average molecular weight is 320 g/mol. The molecule has 0 aliphatic carbocycles. The molecular formula is C14H24O6S. The highest BCUT2D eigenvalue weighted by Crippen LogP contribution is 2.26. The minimum Gasteiger partial charge on any atom is -0.435 e. The van der Waals surface area contributed by atoms with Crippen LogP contribution in [0.25, 0.3) is 0 Å². The second-order valence-corrected chi connectivity index (χ2v) is 6.03. The zero-order chi connectivity index (χ0) is 15.5. The molecule has 21 heavy (non-hydrogen) atoms. The quantitative estimate of drug-likeness (QED) is 0.265. The van der Waals surface area contributed by atoms with Gasteiger partial charge in [0.05, 0.1) is 5.75 Å². The fourth-order valence-corrected chi connectivity index (χ4v) is 2.71. The zero-order valence-electron chi connectivity index (χ0n) is 12.7. The Morgan fingerprint density at radius 2 is 2.00 bits per heavy atom. The Kier molecular flexibility index (Phi) is 9.45. The van der Waals surface area contributed by atoms with Gasteiger partial charge < -0.3 is 9.47 Å². The van der Waals surface area contributed by atoms with Crippen molar-refractivity contribution >= 4 is 23.7 Å². The van der Waals surface area contributed by atoms with Crippen LogP contribution in [-0.2, 0) is 28.8 Å². The maximum Gasteiger partial charge on any atom is 0.342 e. The van der Waals surface area contributed by atoms with Gasteiger partial charge in [-0.05, 0) is 6.42 Å². The van der Waals surface area contributed by atoms with E-state index in [-0.39, 0.29) is 24.0 Å². The van der Waals surface area contributed by atoms with Gasteiger partial charge in [-0.2, -0.15) is 4.89 Å². The average Bonchev–Trinajstić information content (AvgIpc) is 2.85. The fourth-order valence-electron chi connectivity index (χ4n) is 1.84. The van der Waals surface area contributed by atoms with Gasteiger partial charge in [0.1, 0.15) is 12.0 Å². The van der Waals surface area contributed by atoms with Crippen molar-refractivity contribution in [2.24, 2.45) is 0 Å². The number of hydrogen-bond donors (Lipinski definition) is 0. The van der Waals surface area contributed by atoms with Crippen LogP contribution in [-0.4, -0.2) is 36.0 Å². The van der Waals surface area contributed by atoms with Crippen LogP contribution in [0.3, 0.4) is 0 Å². The molecule has 1 aliphatic heterocycles. The Morgan fingerprint density at radius 3 is 2.71 bits per heavy atom. The lowest BCUT2D eigenvalue weighted by Gasteiger charge is -2.11. The third-order valence-electron chi connectivity index (χ3n) is 2.86. The number of ether oxygens (including phenoxy) is 2. The van der Waals surface area contributed by atoms with Crippen LogP contribution < -0.4 is 0 Å². The molecule has 2 atom stereocenters. The highest BCUT2D eigenvalue weighted by molar-refractivity contribution is 8.00. The van der Waals surface area contributed by atoms with Gasteiger partial charge in [-0.3, -0.25) is 9.68 Å². The molecule has 0 aromatic heterocycles. The monoisotopic (exact) mass is 320 g/mol. The van der Waals surface area contributed by atoms with Gasteiger partial charge in [-0.25, -0.2) is 4.79 Å². The Bertz CT molecular complexity index is 323. The maximum absolute atomic E-state index is 11.4. The first kappa shape index (κ1) is 18.3. The van der Waals surface area contributed by atoms with E-state index < -0.39 is 6.29 Å². The lowest BCUT2D eigenvalue weighted by Crippen LogP contribution is -2.21. The summed E-state index contributed by atoms with van der Waals surface area (Å²) in [6.45, 7) is 3.61. The smallest absolute Gasteiger partial charge is 0.342 e. The van der Waals surface area contributed by atoms with Crippen LogP contribution in [0, 0.1) is 0 Å². The van der Waals surface area contributed by atoms with Gasteiger partial charge in [-0.15, -0.1) is 11.8 Å². The molecule has 0 aromatic carbocycles. The Balaban J connectivity index is 1.98. The molecule has 1 aliphatic rings. The zero-order valence-corrected chi connectivity index (χ0v) is 13.5. The largest absolute Gasteiger partial charge is 0.435 e. The van der Waals surface area contributed by atoms with Crippen molar-refractivity contribution in [3.63, 3.8) is 0 Å². The summed E-state index contributed by atoms with van der Waals surface area (Å²) in [5, 5.41) is 0. The van der Waals surface area contributed by atoms with Gasteiger partial charge >= 0.3 is 11.9 Å². The Morgan fingerprint density at radius 1 is 1.24 bits per heavy atom. The second kappa shape index (κ2) is 10.9. The molecule has 1 rings (SSSR count). The lowest BCUT2D eigenvalue weighted by molar-refractivity contribution is -0.282. The summed E-state index contributed by atoms with van der Waals surface area (Å²) in [7, 11) is 0. The summed E-state index contributed by atoms with van der Waals surface area (Å²) in [6.07, 6.45) is 5.22. The summed E-state index contributed by atoms with van der Waals surface area (Å²) in [5.41, 5.74) is -0.285. The van der Waals surface area contributed by atoms with Gasteiger partial charge in [0, 0.05) is 13.3 Å². The van der Waals surface area contributed by atoms with Gasteiger partial charge in [0.25, 0.3) is 0 Å². The van der Waals surface area contributed by atoms with Crippen molar-refractivity contribution in [2.45, 2.75) is 64.1 Å². The van der Waals surface area contributed by atoms with E-state index in [0.717, 1.165) is 19.3 Å². The molecule has 2 unspecified atom stereocenters. The normalized spacial score (nSPS) is 21.2. The molecule has 1 fully saturated rings. The Labute approximate surface area is 129 Å². The minimum absolute atomic E-state index is 0.129. The predicted molar refractivity (Wildman–Crippen MR) is 78.3 cm³/mol. The van der Waals surface area contributed by atoms with Crippen LogP contribution in [0.15, 0.2) is 0 Å². The second-order valence-electron chi connectivity index (χ2n) is 4.84. The van der Waals surface area contributed by atoms with Gasteiger partial charge in [0.15, 0.2) is 0 Å². The van der Waals surface area contributed by atoms with Crippen molar-refractivity contribution in [1.82, 2.24) is 0 Å². The maximum atomic E-state index is 11.4. The molecule has 0 bridgehead atoms. The highest BCUT2D eigenvalue weighted by atomic mass is 32.2. The van der Waals surface area contributed by atoms with Crippen molar-refractivity contribution in [3.8, 4) is 0 Å². The van der Waals surface area contributed by atoms with Crippen molar-refractivity contribution in [2.75, 3.05) is 12.4 Å². The van der Waals surface area contributed by atoms with E-state index in [1.807, 2.05) is 0 Å². The fraction of sp³-hybridized carbons (Fsp3) is 0.857. The molecule has 0 radical (unpaired) electrons. The lowest BCUT2D eigenvalue weighted by atomic mass is 10.1. The van der Waals surface area contributed by atoms with Gasteiger partial charge in [0.2, 0.25) is 6.29 Å². The number of unbranched alkanes of at least 4 members (excludes halogenated alkanes) is 4. The van der Waals surface area contributed by atoms with E-state index in [9.17, 15) is 9.59 Å². The molecule has 0 spiro atoms. The molecule has 1 saturated heterocycles. The van der Waals surface area contributed by atoms with Gasteiger partial charge in [-0.1, -0.05) is 32.6 Å². The standard InChI is InChI=1S/C14H24O6S/c1-3-4-5-6-7-8-12(16)20-17-9-14-19-13(10-21-14)18-11(2)15/h13-14H,3-10H2,1-2H3. The number of esters is 1. The number of hydrogen-bond acceptors (Lipinski definition) is 7. The topological polar surface area (TPSA) is 71.1 Å². The molecule has 122 valence electrons. The van der Waals surface area contributed by atoms with E-state index in [1.54, 1.807) is 0 Å². The van der Waals surface area contributed by atoms with E-state index in [4.69, 9.17) is 14.4 Å². The molecule has 0 saturated carbocycles. The van der Waals surface area contributed by atoms with Crippen LogP contribution in [0.4, 0.5) is 0 Å². The summed E-state index contributed by atoms with van der Waals surface area (Å²) in [4.78, 5) is 31.7. The van der Waals surface area contributed by atoms with Crippen LogP contribution >= 0.6 is 11.8 Å². The summed E-state index contributed by atoms with van der Waals surface area (Å²) >= 11 is 1.46. The Hall–Kier alpha value is -0.790. The first-order valence-electron chi connectivity index (χ1n) is 7.38. The number of thioether (sulfide) groups is 1. The summed E-state index contributed by atoms with van der Waals surface area (Å²) in [6, 6.07) is 0. The van der Waals surface area contributed by atoms with E-state index in [1.165, 1.54) is 31.5 Å². The van der Waals surface area contributed by atoms with Crippen molar-refractivity contribution in [3.05, 3.63) is 0 Å². The predicted octanol–water partition coefficient (Wildman–Crippen LogP) is 2.80. The number of carbonyl (C=O) groups is 2. The number of rotatable bonds is 10. The summed E-state index contributed by atoms with van der Waals surface area (Å²) in [5.74, 6) is -0.179. The van der Waals surface area contributed by atoms with Crippen LogP contribution in [0.1, 0.15) is 52.4 Å².